The molecular weight excluding hydrogens is 473 g/mol. The quantitative estimate of drug-likeness (QED) is 0.420. The minimum absolute atomic E-state index is 0.0261. The third-order valence-corrected chi connectivity index (χ3v) is 7.46. The van der Waals surface area contributed by atoms with Gasteiger partial charge in [-0.05, 0) is 54.7 Å². The van der Waals surface area contributed by atoms with E-state index < -0.39 is 11.2 Å². The summed E-state index contributed by atoms with van der Waals surface area (Å²) in [5.74, 6) is -0.227. The van der Waals surface area contributed by atoms with Crippen molar-refractivity contribution in [3.05, 3.63) is 86.1 Å². The van der Waals surface area contributed by atoms with Crippen molar-refractivity contribution < 1.29 is 9.32 Å². The van der Waals surface area contributed by atoms with Gasteiger partial charge in [0, 0.05) is 28.4 Å². The van der Waals surface area contributed by atoms with E-state index in [1.165, 1.54) is 0 Å². The molecule has 1 saturated heterocycles. The van der Waals surface area contributed by atoms with Gasteiger partial charge in [-0.2, -0.15) is 0 Å². The van der Waals surface area contributed by atoms with Crippen LogP contribution in [0.2, 0.25) is 10.0 Å². The van der Waals surface area contributed by atoms with Gasteiger partial charge in [-0.25, -0.2) is 4.79 Å². The first-order valence-electron chi connectivity index (χ1n) is 11.6. The number of H-pyrrole nitrogens is 1. The molecule has 0 radical (unpaired) electrons. The van der Waals surface area contributed by atoms with Crippen molar-refractivity contribution in [1.82, 2.24) is 15.0 Å². The lowest BCUT2D eigenvalue weighted by Crippen LogP contribution is -2.56. The molecule has 0 bridgehead atoms. The molecule has 0 saturated carbocycles. The molecule has 180 valence electrons. The van der Waals surface area contributed by atoms with Gasteiger partial charge in [-0.15, -0.1) is 0 Å². The Morgan fingerprint density at radius 2 is 1.79 bits per heavy atom. The summed E-state index contributed by atoms with van der Waals surface area (Å²) in [6, 6.07) is 15.5. The number of amides is 1. The number of hydrogen-bond donors (Lipinski definition) is 1. The van der Waals surface area contributed by atoms with E-state index in [1.807, 2.05) is 49.4 Å². The van der Waals surface area contributed by atoms with Crippen molar-refractivity contribution in [2.75, 3.05) is 0 Å². The predicted molar refractivity (Wildman–Crippen MR) is 133 cm³/mol. The number of rotatable bonds is 7. The van der Waals surface area contributed by atoms with Crippen LogP contribution in [0.4, 0.5) is 0 Å². The molecule has 4 rings (SSSR count). The number of halogens is 2. The number of carbonyl (C=O) groups excluding carboxylic acids is 1. The topological polar surface area (TPSA) is 79.2 Å². The molecule has 1 N–H and O–H groups in total. The van der Waals surface area contributed by atoms with Crippen LogP contribution in [0.25, 0.3) is 0 Å². The van der Waals surface area contributed by atoms with Crippen molar-refractivity contribution in [3.8, 4) is 0 Å². The first-order chi connectivity index (χ1) is 16.3. The lowest BCUT2D eigenvalue weighted by Gasteiger charge is -2.52. The lowest BCUT2D eigenvalue weighted by atomic mass is 9.66. The second-order valence-electron chi connectivity index (χ2n) is 9.32. The third kappa shape index (κ3) is 4.80. The largest absolute Gasteiger partial charge is 0.438 e. The van der Waals surface area contributed by atoms with Crippen molar-refractivity contribution in [2.45, 2.75) is 64.5 Å². The number of aromatic nitrogens is 2. The van der Waals surface area contributed by atoms with E-state index in [-0.39, 0.29) is 30.3 Å². The van der Waals surface area contributed by atoms with E-state index in [0.717, 1.165) is 24.0 Å². The van der Waals surface area contributed by atoms with Gasteiger partial charge >= 0.3 is 5.76 Å². The number of nitrogens with zero attached hydrogens (tertiary/aromatic N) is 2. The van der Waals surface area contributed by atoms with Crippen LogP contribution in [-0.2, 0) is 11.2 Å². The number of carbonyl (C=O) groups is 1. The van der Waals surface area contributed by atoms with Crippen LogP contribution in [-0.4, -0.2) is 27.0 Å². The van der Waals surface area contributed by atoms with Crippen LogP contribution in [0.15, 0.2) is 57.8 Å². The van der Waals surface area contributed by atoms with E-state index in [2.05, 4.69) is 35.0 Å². The predicted octanol–water partition coefficient (Wildman–Crippen LogP) is 6.16. The molecule has 0 aliphatic carbocycles. The highest BCUT2D eigenvalue weighted by molar-refractivity contribution is 6.30. The SMILES string of the molecule is CCC(CC)N1C(=O)[C@](C)(Cc2noc(=O)[nH]2)C[C@H](c2cccc(Cl)c2)[C@H]1c1ccc(Cl)cc1. The molecule has 1 aliphatic rings. The summed E-state index contributed by atoms with van der Waals surface area (Å²) in [5.41, 5.74) is 1.31. The van der Waals surface area contributed by atoms with Crippen LogP contribution >= 0.6 is 23.2 Å². The molecule has 1 aromatic heterocycles. The number of hydrogen-bond acceptors (Lipinski definition) is 4. The minimum Gasteiger partial charge on any atom is -0.332 e. The average molecular weight is 502 g/mol. The summed E-state index contributed by atoms with van der Waals surface area (Å²) >= 11 is 12.6. The molecule has 6 nitrogen and oxygen atoms in total. The summed E-state index contributed by atoms with van der Waals surface area (Å²) in [6.45, 7) is 6.17. The van der Waals surface area contributed by atoms with Crippen molar-refractivity contribution in [2.24, 2.45) is 5.41 Å². The molecule has 1 amide bonds. The third-order valence-electron chi connectivity index (χ3n) is 6.97. The number of nitrogens with one attached hydrogen (secondary N) is 1. The normalized spacial score (nSPS) is 23.0. The summed E-state index contributed by atoms with van der Waals surface area (Å²) in [7, 11) is 0. The standard InChI is InChI=1S/C26H29Cl2N3O3/c1-4-20(5-2)31-23(16-9-11-18(27)12-10-16)21(17-7-6-8-19(28)13-17)14-26(3,24(31)32)15-22-29-25(33)34-30-22/h6-13,20-21,23H,4-5,14-15H2,1-3H3,(H,29,30,33)/t21-,23-,26+/m1/s1. The van der Waals surface area contributed by atoms with E-state index in [9.17, 15) is 9.59 Å². The highest BCUT2D eigenvalue weighted by atomic mass is 35.5. The summed E-state index contributed by atoms with van der Waals surface area (Å²) < 4.78 is 4.72. The fourth-order valence-corrected chi connectivity index (χ4v) is 5.66. The molecule has 34 heavy (non-hydrogen) atoms. The van der Waals surface area contributed by atoms with E-state index >= 15 is 0 Å². The van der Waals surface area contributed by atoms with Crippen molar-refractivity contribution in [3.63, 3.8) is 0 Å². The highest BCUT2D eigenvalue weighted by Gasteiger charge is 2.51. The molecule has 3 aromatic rings. The van der Waals surface area contributed by atoms with E-state index in [4.69, 9.17) is 27.7 Å². The smallest absolute Gasteiger partial charge is 0.332 e. The van der Waals surface area contributed by atoms with Crippen molar-refractivity contribution in [1.29, 1.82) is 0 Å². The van der Waals surface area contributed by atoms with Gasteiger partial charge in [0.05, 0.1) is 11.5 Å². The van der Waals surface area contributed by atoms with Crippen LogP contribution in [0, 0.1) is 5.41 Å². The lowest BCUT2D eigenvalue weighted by molar-refractivity contribution is -0.155. The Morgan fingerprint density at radius 1 is 1.09 bits per heavy atom. The zero-order valence-electron chi connectivity index (χ0n) is 19.6. The zero-order valence-corrected chi connectivity index (χ0v) is 21.1. The van der Waals surface area contributed by atoms with Gasteiger partial charge in [0.1, 0.15) is 0 Å². The first kappa shape index (κ1) is 24.6. The van der Waals surface area contributed by atoms with E-state index in [0.29, 0.717) is 22.3 Å². The van der Waals surface area contributed by atoms with Crippen LogP contribution in [0.5, 0.6) is 0 Å². The van der Waals surface area contributed by atoms with Gasteiger partial charge in [0.2, 0.25) is 5.91 Å². The Labute approximate surface area is 209 Å². The zero-order chi connectivity index (χ0) is 24.5. The van der Waals surface area contributed by atoms with Gasteiger partial charge in [-0.3, -0.25) is 14.3 Å². The molecule has 0 unspecified atom stereocenters. The molecule has 2 aromatic carbocycles. The summed E-state index contributed by atoms with van der Waals surface area (Å²) in [6.07, 6.45) is 2.49. The fourth-order valence-electron chi connectivity index (χ4n) is 5.34. The van der Waals surface area contributed by atoms with Gasteiger partial charge in [0.15, 0.2) is 5.82 Å². The summed E-state index contributed by atoms with van der Waals surface area (Å²) in [5, 5.41) is 5.15. The van der Waals surface area contributed by atoms with Crippen LogP contribution < -0.4 is 5.76 Å². The molecule has 1 aliphatic heterocycles. The van der Waals surface area contributed by atoms with Gasteiger partial charge in [-0.1, -0.05) is 73.4 Å². The van der Waals surface area contributed by atoms with E-state index in [1.54, 1.807) is 0 Å². The van der Waals surface area contributed by atoms with Gasteiger partial charge in [0.25, 0.3) is 0 Å². The Morgan fingerprint density at radius 3 is 2.38 bits per heavy atom. The Bertz CT molecular complexity index is 1200. The van der Waals surface area contributed by atoms with Crippen LogP contribution in [0.1, 0.15) is 68.9 Å². The maximum atomic E-state index is 14.2. The Balaban J connectivity index is 1.88. The number of aromatic amines is 1. The number of benzene rings is 2. The average Bonchev–Trinajstić information content (AvgIpc) is 3.22. The molecule has 0 spiro atoms. The molecule has 1 fully saturated rings. The monoisotopic (exact) mass is 501 g/mol. The molecular formula is C26H29Cl2N3O3. The molecule has 2 heterocycles. The van der Waals surface area contributed by atoms with Crippen molar-refractivity contribution >= 4 is 29.1 Å². The maximum absolute atomic E-state index is 14.2. The Kier molecular flexibility index (Phi) is 7.20. The fraction of sp³-hybridized carbons (Fsp3) is 0.423. The summed E-state index contributed by atoms with van der Waals surface area (Å²) in [4.78, 5) is 30.5. The highest BCUT2D eigenvalue weighted by Crippen LogP contribution is 2.52. The Hall–Kier alpha value is -2.57. The maximum Gasteiger partial charge on any atom is 0.438 e. The molecule has 8 heteroatoms. The minimum atomic E-state index is -0.793. The number of piperidine rings is 1. The number of likely N-dealkylation sites (tertiary alicyclic amines) is 1. The molecule has 3 atom stereocenters. The van der Waals surface area contributed by atoms with Crippen LogP contribution in [0.3, 0.4) is 0 Å². The second-order valence-corrected chi connectivity index (χ2v) is 10.2. The first-order valence-corrected chi connectivity index (χ1v) is 12.4. The van der Waals surface area contributed by atoms with Gasteiger partial charge < -0.3 is 4.90 Å². The second kappa shape index (κ2) is 9.96.